The highest BCUT2D eigenvalue weighted by Gasteiger charge is 2.22. The predicted octanol–water partition coefficient (Wildman–Crippen LogP) is 1.99. The second-order valence-electron chi connectivity index (χ2n) is 6.87. The summed E-state index contributed by atoms with van der Waals surface area (Å²) in [4.78, 5) is 9.52. The Hall–Kier alpha value is -0.0800. The lowest BCUT2D eigenvalue weighted by atomic mass is 10.1. The van der Waals surface area contributed by atoms with Crippen LogP contribution in [0.2, 0.25) is 0 Å². The number of guanidine groups is 1. The van der Waals surface area contributed by atoms with Crippen molar-refractivity contribution >= 4 is 29.9 Å². The van der Waals surface area contributed by atoms with Crippen molar-refractivity contribution in [3.05, 3.63) is 0 Å². The maximum atomic E-state index is 4.37. The molecule has 0 bridgehead atoms. The molecule has 2 saturated heterocycles. The molecule has 0 aromatic heterocycles. The molecule has 2 aliphatic rings. The minimum absolute atomic E-state index is 0. The van der Waals surface area contributed by atoms with Crippen LogP contribution in [-0.2, 0) is 0 Å². The van der Waals surface area contributed by atoms with E-state index in [9.17, 15) is 0 Å². The Morgan fingerprint density at radius 2 is 1.91 bits per heavy atom. The lowest BCUT2D eigenvalue weighted by molar-refractivity contribution is 0.266. The Morgan fingerprint density at radius 1 is 1.17 bits per heavy atom. The molecule has 2 aliphatic heterocycles. The SMILES string of the molecule is CCN1CCCC1CNC(=NC)NCC(C)CN1CCCC1.I. The van der Waals surface area contributed by atoms with Gasteiger partial charge in [0.2, 0.25) is 0 Å². The molecular formula is C17H36IN5. The first-order chi connectivity index (χ1) is 10.7. The van der Waals surface area contributed by atoms with Gasteiger partial charge in [0.25, 0.3) is 0 Å². The van der Waals surface area contributed by atoms with Crippen LogP contribution < -0.4 is 10.6 Å². The van der Waals surface area contributed by atoms with Gasteiger partial charge in [0, 0.05) is 32.7 Å². The van der Waals surface area contributed by atoms with Crippen LogP contribution in [-0.4, -0.2) is 74.7 Å². The van der Waals surface area contributed by atoms with E-state index in [-0.39, 0.29) is 24.0 Å². The van der Waals surface area contributed by atoms with Gasteiger partial charge in [-0.15, -0.1) is 24.0 Å². The number of hydrogen-bond donors (Lipinski definition) is 2. The van der Waals surface area contributed by atoms with E-state index in [0.717, 1.165) is 25.6 Å². The van der Waals surface area contributed by atoms with E-state index in [1.165, 1.54) is 51.9 Å². The van der Waals surface area contributed by atoms with Crippen molar-refractivity contribution in [2.24, 2.45) is 10.9 Å². The normalized spacial score (nSPS) is 24.5. The molecule has 0 aromatic carbocycles. The summed E-state index contributed by atoms with van der Waals surface area (Å²) < 4.78 is 0. The van der Waals surface area contributed by atoms with Crippen molar-refractivity contribution in [3.63, 3.8) is 0 Å². The van der Waals surface area contributed by atoms with Crippen LogP contribution in [0.5, 0.6) is 0 Å². The first kappa shape index (κ1) is 21.0. The molecule has 136 valence electrons. The number of likely N-dealkylation sites (tertiary alicyclic amines) is 2. The molecule has 2 N–H and O–H groups in total. The molecule has 0 spiro atoms. The minimum atomic E-state index is 0. The number of nitrogens with zero attached hydrogens (tertiary/aromatic N) is 3. The Bertz CT molecular complexity index is 344. The fourth-order valence-electron chi connectivity index (χ4n) is 3.72. The maximum Gasteiger partial charge on any atom is 0.191 e. The highest BCUT2D eigenvalue weighted by molar-refractivity contribution is 14.0. The van der Waals surface area contributed by atoms with E-state index in [4.69, 9.17) is 0 Å². The summed E-state index contributed by atoms with van der Waals surface area (Å²) in [5.41, 5.74) is 0. The van der Waals surface area contributed by atoms with E-state index in [2.05, 4.69) is 39.3 Å². The van der Waals surface area contributed by atoms with Crippen molar-refractivity contribution in [1.29, 1.82) is 0 Å². The lowest BCUT2D eigenvalue weighted by Crippen LogP contribution is -2.46. The van der Waals surface area contributed by atoms with Crippen LogP contribution in [0, 0.1) is 5.92 Å². The number of likely N-dealkylation sites (N-methyl/N-ethyl adjacent to an activating group) is 1. The van der Waals surface area contributed by atoms with Gasteiger partial charge in [-0.25, -0.2) is 0 Å². The van der Waals surface area contributed by atoms with Crippen LogP contribution in [0.4, 0.5) is 0 Å². The Kier molecular flexibility index (Phi) is 10.5. The van der Waals surface area contributed by atoms with Crippen LogP contribution in [0.25, 0.3) is 0 Å². The molecule has 0 aromatic rings. The van der Waals surface area contributed by atoms with Crippen molar-refractivity contribution in [3.8, 4) is 0 Å². The standard InChI is InChI=1S/C17H35N5.HI/c1-4-22-11-7-8-16(22)13-20-17(18-3)19-12-15(2)14-21-9-5-6-10-21;/h15-16H,4-14H2,1-3H3,(H2,18,19,20);1H. The van der Waals surface area contributed by atoms with Gasteiger partial charge in [0.05, 0.1) is 0 Å². The van der Waals surface area contributed by atoms with Gasteiger partial charge in [-0.3, -0.25) is 9.89 Å². The first-order valence-corrected chi connectivity index (χ1v) is 9.13. The summed E-state index contributed by atoms with van der Waals surface area (Å²) in [6, 6.07) is 0.672. The molecule has 2 atom stereocenters. The largest absolute Gasteiger partial charge is 0.356 e. The fraction of sp³-hybridized carbons (Fsp3) is 0.941. The van der Waals surface area contributed by atoms with Crippen LogP contribution in [0.15, 0.2) is 4.99 Å². The predicted molar refractivity (Wildman–Crippen MR) is 110 cm³/mol. The topological polar surface area (TPSA) is 42.9 Å². The Labute approximate surface area is 159 Å². The molecular weight excluding hydrogens is 401 g/mol. The molecule has 0 amide bonds. The van der Waals surface area contributed by atoms with E-state index in [1.54, 1.807) is 0 Å². The zero-order valence-electron chi connectivity index (χ0n) is 15.2. The average molecular weight is 437 g/mol. The monoisotopic (exact) mass is 437 g/mol. The average Bonchev–Trinajstić information content (AvgIpc) is 3.18. The molecule has 5 nitrogen and oxygen atoms in total. The van der Waals surface area contributed by atoms with E-state index < -0.39 is 0 Å². The molecule has 2 fully saturated rings. The van der Waals surface area contributed by atoms with Crippen molar-refractivity contribution in [1.82, 2.24) is 20.4 Å². The molecule has 0 aliphatic carbocycles. The van der Waals surface area contributed by atoms with Gasteiger partial charge in [0.15, 0.2) is 5.96 Å². The van der Waals surface area contributed by atoms with E-state index in [1.807, 2.05) is 7.05 Å². The van der Waals surface area contributed by atoms with Gasteiger partial charge in [-0.1, -0.05) is 13.8 Å². The summed E-state index contributed by atoms with van der Waals surface area (Å²) >= 11 is 0. The summed E-state index contributed by atoms with van der Waals surface area (Å²) in [5.74, 6) is 1.62. The second-order valence-corrected chi connectivity index (χ2v) is 6.87. The molecule has 2 rings (SSSR count). The summed E-state index contributed by atoms with van der Waals surface area (Å²) in [6.45, 7) is 12.8. The number of halogens is 1. The number of rotatable bonds is 7. The van der Waals surface area contributed by atoms with Crippen LogP contribution >= 0.6 is 24.0 Å². The fourth-order valence-corrected chi connectivity index (χ4v) is 3.72. The van der Waals surface area contributed by atoms with Crippen molar-refractivity contribution < 1.29 is 0 Å². The van der Waals surface area contributed by atoms with Crippen molar-refractivity contribution in [2.45, 2.75) is 45.6 Å². The zero-order chi connectivity index (χ0) is 15.8. The third-order valence-electron chi connectivity index (χ3n) is 5.02. The van der Waals surface area contributed by atoms with Crippen LogP contribution in [0.1, 0.15) is 39.5 Å². The van der Waals surface area contributed by atoms with Gasteiger partial charge in [-0.05, 0) is 57.8 Å². The first-order valence-electron chi connectivity index (χ1n) is 9.13. The van der Waals surface area contributed by atoms with Crippen LogP contribution in [0.3, 0.4) is 0 Å². The third kappa shape index (κ3) is 7.13. The third-order valence-corrected chi connectivity index (χ3v) is 5.02. The second kappa shape index (κ2) is 11.5. The smallest absolute Gasteiger partial charge is 0.191 e. The van der Waals surface area contributed by atoms with Gasteiger partial charge in [-0.2, -0.15) is 0 Å². The number of hydrogen-bond acceptors (Lipinski definition) is 3. The summed E-state index contributed by atoms with van der Waals surface area (Å²) in [7, 11) is 1.87. The summed E-state index contributed by atoms with van der Waals surface area (Å²) in [5, 5.41) is 7.00. The number of aliphatic imine (C=N–C) groups is 1. The maximum absolute atomic E-state index is 4.37. The Balaban J connectivity index is 0.00000264. The molecule has 6 heteroatoms. The van der Waals surface area contributed by atoms with E-state index >= 15 is 0 Å². The summed E-state index contributed by atoms with van der Waals surface area (Å²) in [6.07, 6.45) is 5.39. The lowest BCUT2D eigenvalue weighted by Gasteiger charge is -2.25. The molecule has 2 unspecified atom stereocenters. The van der Waals surface area contributed by atoms with Crippen molar-refractivity contribution in [2.75, 3.05) is 52.9 Å². The highest BCUT2D eigenvalue weighted by Crippen LogP contribution is 2.15. The quantitative estimate of drug-likeness (QED) is 0.363. The Morgan fingerprint density at radius 3 is 2.57 bits per heavy atom. The molecule has 2 heterocycles. The molecule has 0 radical (unpaired) electrons. The molecule has 23 heavy (non-hydrogen) atoms. The van der Waals surface area contributed by atoms with Gasteiger partial charge in [0.1, 0.15) is 0 Å². The highest BCUT2D eigenvalue weighted by atomic mass is 127. The van der Waals surface area contributed by atoms with E-state index in [0.29, 0.717) is 12.0 Å². The minimum Gasteiger partial charge on any atom is -0.356 e. The number of nitrogens with one attached hydrogen (secondary N) is 2. The van der Waals surface area contributed by atoms with Gasteiger partial charge >= 0.3 is 0 Å². The van der Waals surface area contributed by atoms with Gasteiger partial charge < -0.3 is 15.5 Å². The zero-order valence-corrected chi connectivity index (χ0v) is 17.5. The molecule has 0 saturated carbocycles.